The van der Waals surface area contributed by atoms with Gasteiger partial charge in [0, 0.05) is 24.0 Å². The molecule has 0 saturated heterocycles. The van der Waals surface area contributed by atoms with E-state index in [9.17, 15) is 0 Å². The number of oxazole rings is 1. The summed E-state index contributed by atoms with van der Waals surface area (Å²) in [5, 5.41) is 3.24. The highest BCUT2D eigenvalue weighted by molar-refractivity contribution is 5.42. The average molecular weight is 217 g/mol. The Morgan fingerprint density at radius 1 is 1.38 bits per heavy atom. The average Bonchev–Trinajstić information content (AvgIpc) is 2.74. The maximum Gasteiger partial charge on any atom is 0.213 e. The third-order valence-electron chi connectivity index (χ3n) is 2.29. The van der Waals surface area contributed by atoms with Crippen molar-refractivity contribution in [1.29, 1.82) is 0 Å². The van der Waals surface area contributed by atoms with Crippen molar-refractivity contribution in [2.24, 2.45) is 0 Å². The van der Waals surface area contributed by atoms with E-state index in [1.165, 1.54) is 0 Å². The minimum Gasteiger partial charge on any atom is -0.444 e. The topological polar surface area (TPSA) is 51.0 Å². The molecule has 0 bridgehead atoms. The predicted octanol–water partition coefficient (Wildman–Crippen LogP) is 2.55. The second-order valence-corrected chi connectivity index (χ2v) is 3.61. The van der Waals surface area contributed by atoms with E-state index in [1.807, 2.05) is 26.0 Å². The molecule has 0 aliphatic heterocycles. The highest BCUT2D eigenvalue weighted by Crippen LogP contribution is 2.10. The maximum absolute atomic E-state index is 5.50. The zero-order valence-corrected chi connectivity index (χ0v) is 9.53. The lowest BCUT2D eigenvalue weighted by Crippen LogP contribution is -1.99. The molecular formula is C12H15N3O. The van der Waals surface area contributed by atoms with Gasteiger partial charge in [-0.15, -0.1) is 0 Å². The fourth-order valence-corrected chi connectivity index (χ4v) is 1.43. The number of pyridine rings is 1. The highest BCUT2D eigenvalue weighted by Gasteiger charge is 2.01. The summed E-state index contributed by atoms with van der Waals surface area (Å²) in [5.41, 5.74) is 2.02. The first-order valence-corrected chi connectivity index (χ1v) is 5.38. The molecule has 84 valence electrons. The summed E-state index contributed by atoms with van der Waals surface area (Å²) in [6.45, 7) is 4.61. The number of hydrogen-bond acceptors (Lipinski definition) is 4. The molecular weight excluding hydrogens is 202 g/mol. The van der Waals surface area contributed by atoms with Crippen LogP contribution in [0.3, 0.4) is 0 Å². The Morgan fingerprint density at radius 2 is 2.25 bits per heavy atom. The van der Waals surface area contributed by atoms with Gasteiger partial charge in [-0.2, -0.15) is 0 Å². The number of rotatable bonds is 4. The zero-order chi connectivity index (χ0) is 11.4. The summed E-state index contributed by atoms with van der Waals surface area (Å²) < 4.78 is 5.50. The number of aromatic nitrogens is 2. The smallest absolute Gasteiger partial charge is 0.213 e. The van der Waals surface area contributed by atoms with E-state index in [0.29, 0.717) is 12.4 Å². The lowest BCUT2D eigenvalue weighted by Gasteiger charge is -2.03. The normalized spacial score (nSPS) is 10.4. The number of aryl methyl sites for hydroxylation is 2. The zero-order valence-electron chi connectivity index (χ0n) is 9.53. The van der Waals surface area contributed by atoms with Crippen molar-refractivity contribution in [3.8, 4) is 0 Å². The van der Waals surface area contributed by atoms with Gasteiger partial charge in [-0.25, -0.2) is 4.98 Å². The van der Waals surface area contributed by atoms with Crippen LogP contribution in [-0.2, 0) is 13.0 Å². The molecule has 2 aromatic heterocycles. The molecule has 1 N–H and O–H groups in total. The third-order valence-corrected chi connectivity index (χ3v) is 2.29. The van der Waals surface area contributed by atoms with E-state index in [1.54, 1.807) is 12.4 Å². The molecule has 0 radical (unpaired) electrons. The van der Waals surface area contributed by atoms with Gasteiger partial charge in [0.25, 0.3) is 0 Å². The molecule has 2 heterocycles. The van der Waals surface area contributed by atoms with E-state index in [4.69, 9.17) is 4.42 Å². The van der Waals surface area contributed by atoms with Crippen LogP contribution in [0.25, 0.3) is 0 Å². The highest BCUT2D eigenvalue weighted by atomic mass is 16.4. The van der Waals surface area contributed by atoms with Crippen molar-refractivity contribution in [1.82, 2.24) is 9.97 Å². The summed E-state index contributed by atoms with van der Waals surface area (Å²) in [6.07, 6.45) is 4.43. The molecule has 16 heavy (non-hydrogen) atoms. The van der Waals surface area contributed by atoms with Crippen LogP contribution in [0, 0.1) is 6.92 Å². The second-order valence-electron chi connectivity index (χ2n) is 3.61. The second kappa shape index (κ2) is 4.79. The minimum absolute atomic E-state index is 0.601. The van der Waals surface area contributed by atoms with Gasteiger partial charge in [0.05, 0.1) is 12.7 Å². The van der Waals surface area contributed by atoms with Crippen LogP contribution in [0.15, 0.2) is 28.9 Å². The van der Waals surface area contributed by atoms with Crippen molar-refractivity contribution >= 4 is 5.69 Å². The summed E-state index contributed by atoms with van der Waals surface area (Å²) in [4.78, 5) is 8.31. The Balaban J connectivity index is 1.96. The van der Waals surface area contributed by atoms with Crippen LogP contribution in [0.4, 0.5) is 5.69 Å². The van der Waals surface area contributed by atoms with Gasteiger partial charge in [0.1, 0.15) is 5.76 Å². The Hall–Kier alpha value is -1.84. The first-order valence-electron chi connectivity index (χ1n) is 5.38. The lowest BCUT2D eigenvalue weighted by molar-refractivity contribution is 0.466. The van der Waals surface area contributed by atoms with Crippen LogP contribution in [-0.4, -0.2) is 9.97 Å². The monoisotopic (exact) mass is 217 g/mol. The van der Waals surface area contributed by atoms with Crippen molar-refractivity contribution in [2.75, 3.05) is 5.32 Å². The van der Waals surface area contributed by atoms with E-state index >= 15 is 0 Å². The molecule has 2 aromatic rings. The molecule has 0 fully saturated rings. The Bertz CT molecular complexity index is 465. The Morgan fingerprint density at radius 3 is 2.94 bits per heavy atom. The van der Waals surface area contributed by atoms with E-state index in [2.05, 4.69) is 15.3 Å². The molecule has 0 spiro atoms. The van der Waals surface area contributed by atoms with E-state index in [0.717, 1.165) is 23.6 Å². The van der Waals surface area contributed by atoms with Gasteiger partial charge in [0.15, 0.2) is 0 Å². The number of hydrogen-bond donors (Lipinski definition) is 1. The van der Waals surface area contributed by atoms with Gasteiger partial charge in [0.2, 0.25) is 5.89 Å². The van der Waals surface area contributed by atoms with Crippen LogP contribution in [0.1, 0.15) is 24.3 Å². The molecule has 0 aliphatic rings. The van der Waals surface area contributed by atoms with Crippen LogP contribution < -0.4 is 5.32 Å². The first-order chi connectivity index (χ1) is 7.78. The SMILES string of the molecule is CCc1cnc(CNc2ccnc(C)c2)o1. The van der Waals surface area contributed by atoms with Crippen molar-refractivity contribution in [2.45, 2.75) is 26.8 Å². The van der Waals surface area contributed by atoms with Crippen LogP contribution >= 0.6 is 0 Å². The van der Waals surface area contributed by atoms with Crippen molar-refractivity contribution in [3.05, 3.63) is 41.9 Å². The van der Waals surface area contributed by atoms with Crippen LogP contribution in [0.5, 0.6) is 0 Å². The maximum atomic E-state index is 5.50. The summed E-state index contributed by atoms with van der Waals surface area (Å²) in [6, 6.07) is 3.92. The third kappa shape index (κ3) is 2.59. The van der Waals surface area contributed by atoms with Gasteiger partial charge >= 0.3 is 0 Å². The number of nitrogens with one attached hydrogen (secondary N) is 1. The molecule has 4 nitrogen and oxygen atoms in total. The van der Waals surface area contributed by atoms with Gasteiger partial charge < -0.3 is 9.73 Å². The lowest BCUT2D eigenvalue weighted by atomic mass is 10.3. The first kappa shape index (κ1) is 10.7. The Kier molecular flexibility index (Phi) is 3.19. The van der Waals surface area contributed by atoms with Crippen LogP contribution in [0.2, 0.25) is 0 Å². The molecule has 0 aliphatic carbocycles. The molecule has 4 heteroatoms. The largest absolute Gasteiger partial charge is 0.444 e. The molecule has 0 saturated carbocycles. The predicted molar refractivity (Wildman–Crippen MR) is 62.2 cm³/mol. The number of nitrogens with zero attached hydrogens (tertiary/aromatic N) is 2. The van der Waals surface area contributed by atoms with E-state index < -0.39 is 0 Å². The summed E-state index contributed by atoms with van der Waals surface area (Å²) in [7, 11) is 0. The summed E-state index contributed by atoms with van der Waals surface area (Å²) in [5.74, 6) is 1.63. The molecule has 0 amide bonds. The van der Waals surface area contributed by atoms with Gasteiger partial charge in [-0.3, -0.25) is 4.98 Å². The quantitative estimate of drug-likeness (QED) is 0.855. The fraction of sp³-hybridized carbons (Fsp3) is 0.333. The van der Waals surface area contributed by atoms with Crippen molar-refractivity contribution in [3.63, 3.8) is 0 Å². The van der Waals surface area contributed by atoms with Gasteiger partial charge in [-0.1, -0.05) is 6.92 Å². The molecule has 2 rings (SSSR count). The standard InChI is InChI=1S/C12H15N3O/c1-3-11-7-15-12(16-11)8-14-10-4-5-13-9(2)6-10/h4-7H,3,8H2,1-2H3,(H,13,14). The fourth-order valence-electron chi connectivity index (χ4n) is 1.43. The Labute approximate surface area is 94.7 Å². The molecule has 0 aromatic carbocycles. The van der Waals surface area contributed by atoms with Crippen molar-refractivity contribution < 1.29 is 4.42 Å². The van der Waals surface area contributed by atoms with E-state index in [-0.39, 0.29) is 0 Å². The molecule has 0 unspecified atom stereocenters. The van der Waals surface area contributed by atoms with Gasteiger partial charge in [-0.05, 0) is 19.1 Å². The number of anilines is 1. The molecule has 0 atom stereocenters. The minimum atomic E-state index is 0.601. The summed E-state index contributed by atoms with van der Waals surface area (Å²) >= 11 is 0.